The van der Waals surface area contributed by atoms with Crippen LogP contribution < -0.4 is 4.90 Å². The zero-order valence-electron chi connectivity index (χ0n) is 11.6. The summed E-state index contributed by atoms with van der Waals surface area (Å²) in [4.78, 5) is 14.0. The Balaban J connectivity index is 2.60. The van der Waals surface area contributed by atoms with E-state index in [1.807, 2.05) is 40.0 Å². The lowest BCUT2D eigenvalue weighted by molar-refractivity contribution is -0.126. The van der Waals surface area contributed by atoms with Crippen LogP contribution in [-0.2, 0) is 4.79 Å². The number of rotatable bonds is 4. The van der Waals surface area contributed by atoms with E-state index in [9.17, 15) is 4.79 Å². The molecule has 0 spiro atoms. The van der Waals surface area contributed by atoms with Crippen LogP contribution in [-0.4, -0.2) is 19.4 Å². The van der Waals surface area contributed by atoms with Crippen molar-refractivity contribution in [1.29, 1.82) is 0 Å². The van der Waals surface area contributed by atoms with Crippen LogP contribution in [0.4, 0.5) is 5.69 Å². The molecule has 0 fully saturated rings. The Bertz CT molecular complexity index is 390. The number of nitrogens with zero attached hydrogens (tertiary/aromatic N) is 1. The summed E-state index contributed by atoms with van der Waals surface area (Å²) in [5.74, 6) is 0.318. The van der Waals surface area contributed by atoms with Crippen LogP contribution in [0.25, 0.3) is 0 Å². The van der Waals surface area contributed by atoms with E-state index >= 15 is 0 Å². The molecule has 0 N–H and O–H groups in total. The predicted molar refractivity (Wildman–Crippen MR) is 73.5 cm³/mol. The Morgan fingerprint density at radius 2 is 1.82 bits per heavy atom. The summed E-state index contributed by atoms with van der Waals surface area (Å²) in [6.07, 6.45) is 0.605. The van der Waals surface area contributed by atoms with Crippen LogP contribution in [0.15, 0.2) is 24.3 Å². The molecule has 0 unspecified atom stereocenters. The third-order valence-corrected chi connectivity index (χ3v) is 3.04. The van der Waals surface area contributed by atoms with E-state index in [0.717, 1.165) is 6.54 Å². The predicted octanol–water partition coefficient (Wildman–Crippen LogP) is 3.44. The quantitative estimate of drug-likeness (QED) is 0.794. The molecule has 1 aromatic rings. The lowest BCUT2D eigenvalue weighted by atomic mass is 9.89. The number of carbonyl (C=O) groups is 1. The smallest absolute Gasteiger partial charge is 0.139 e. The molecule has 0 aliphatic carbocycles. The van der Waals surface area contributed by atoms with E-state index in [1.165, 1.54) is 11.3 Å². The fourth-order valence-corrected chi connectivity index (χ4v) is 1.76. The molecule has 0 aliphatic rings. The minimum absolute atomic E-state index is 0.230. The standard InChI is InChI=1S/C15H23NO/c1-12-8-6-7-9-13(12)16(5)11-10-14(17)15(2,3)4/h6-9H,10-11H2,1-5H3. The molecule has 0 amide bonds. The number of hydrogen-bond acceptors (Lipinski definition) is 2. The van der Waals surface area contributed by atoms with E-state index in [1.54, 1.807) is 0 Å². The first-order valence-electron chi connectivity index (χ1n) is 6.12. The van der Waals surface area contributed by atoms with E-state index in [0.29, 0.717) is 12.2 Å². The molecule has 0 saturated heterocycles. The van der Waals surface area contributed by atoms with Crippen molar-refractivity contribution in [2.45, 2.75) is 34.1 Å². The van der Waals surface area contributed by atoms with E-state index < -0.39 is 0 Å². The van der Waals surface area contributed by atoms with Gasteiger partial charge in [0.2, 0.25) is 0 Å². The molecule has 0 aromatic heterocycles. The topological polar surface area (TPSA) is 20.3 Å². The normalized spacial score (nSPS) is 11.4. The number of carbonyl (C=O) groups excluding carboxylic acids is 1. The van der Waals surface area contributed by atoms with Crippen molar-refractivity contribution in [2.24, 2.45) is 5.41 Å². The van der Waals surface area contributed by atoms with Gasteiger partial charge in [0.25, 0.3) is 0 Å². The van der Waals surface area contributed by atoms with Crippen molar-refractivity contribution < 1.29 is 4.79 Å². The SMILES string of the molecule is Cc1ccccc1N(C)CCC(=O)C(C)(C)C. The average molecular weight is 233 g/mol. The largest absolute Gasteiger partial charge is 0.374 e. The van der Waals surface area contributed by atoms with Gasteiger partial charge in [-0.1, -0.05) is 39.0 Å². The maximum absolute atomic E-state index is 11.9. The highest BCUT2D eigenvalue weighted by atomic mass is 16.1. The summed E-state index contributed by atoms with van der Waals surface area (Å²) in [5.41, 5.74) is 2.22. The number of ketones is 1. The van der Waals surface area contributed by atoms with Crippen LogP contribution in [0, 0.1) is 12.3 Å². The van der Waals surface area contributed by atoms with Gasteiger partial charge in [-0.2, -0.15) is 0 Å². The summed E-state index contributed by atoms with van der Waals surface area (Å²) < 4.78 is 0. The zero-order chi connectivity index (χ0) is 13.1. The molecular weight excluding hydrogens is 210 g/mol. The maximum atomic E-state index is 11.9. The molecule has 2 nitrogen and oxygen atoms in total. The van der Waals surface area contributed by atoms with Crippen molar-refractivity contribution in [3.8, 4) is 0 Å². The summed E-state index contributed by atoms with van der Waals surface area (Å²) in [5, 5.41) is 0. The van der Waals surface area contributed by atoms with Gasteiger partial charge in [0, 0.05) is 31.1 Å². The van der Waals surface area contributed by atoms with Gasteiger partial charge in [0.05, 0.1) is 0 Å². The van der Waals surface area contributed by atoms with Gasteiger partial charge in [-0.3, -0.25) is 4.79 Å². The molecule has 0 aliphatic heterocycles. The average Bonchev–Trinajstić information content (AvgIpc) is 2.24. The van der Waals surface area contributed by atoms with Crippen molar-refractivity contribution >= 4 is 11.5 Å². The van der Waals surface area contributed by atoms with Crippen LogP contribution in [0.5, 0.6) is 0 Å². The molecule has 17 heavy (non-hydrogen) atoms. The van der Waals surface area contributed by atoms with Gasteiger partial charge in [-0.05, 0) is 18.6 Å². The van der Waals surface area contributed by atoms with Crippen molar-refractivity contribution in [2.75, 3.05) is 18.5 Å². The van der Waals surface area contributed by atoms with Gasteiger partial charge in [-0.15, -0.1) is 0 Å². The number of Topliss-reactive ketones (excluding diaryl/α,β-unsaturated/α-hetero) is 1. The Morgan fingerprint density at radius 1 is 1.24 bits per heavy atom. The lowest BCUT2D eigenvalue weighted by Crippen LogP contribution is -2.27. The molecule has 94 valence electrons. The molecule has 1 rings (SSSR count). The number of para-hydroxylation sites is 1. The molecule has 0 heterocycles. The number of benzene rings is 1. The summed E-state index contributed by atoms with van der Waals surface area (Å²) in [6, 6.07) is 8.26. The molecule has 2 heteroatoms. The second kappa shape index (κ2) is 5.35. The van der Waals surface area contributed by atoms with E-state index in [-0.39, 0.29) is 5.41 Å². The Hall–Kier alpha value is -1.31. The monoisotopic (exact) mass is 233 g/mol. The van der Waals surface area contributed by atoms with Crippen molar-refractivity contribution in [3.63, 3.8) is 0 Å². The Morgan fingerprint density at radius 3 is 2.35 bits per heavy atom. The second-order valence-electron chi connectivity index (χ2n) is 5.63. The van der Waals surface area contributed by atoms with Crippen molar-refractivity contribution in [3.05, 3.63) is 29.8 Å². The minimum atomic E-state index is -0.230. The summed E-state index contributed by atoms with van der Waals surface area (Å²) in [6.45, 7) is 8.80. The first kappa shape index (κ1) is 13.8. The highest BCUT2D eigenvalue weighted by Gasteiger charge is 2.21. The van der Waals surface area contributed by atoms with Gasteiger partial charge in [-0.25, -0.2) is 0 Å². The summed E-state index contributed by atoms with van der Waals surface area (Å²) >= 11 is 0. The van der Waals surface area contributed by atoms with Crippen molar-refractivity contribution in [1.82, 2.24) is 0 Å². The van der Waals surface area contributed by atoms with Crippen LogP contribution in [0.2, 0.25) is 0 Å². The number of aryl methyl sites for hydroxylation is 1. The van der Waals surface area contributed by atoms with E-state index in [4.69, 9.17) is 0 Å². The number of hydrogen-bond donors (Lipinski definition) is 0. The molecular formula is C15H23NO. The Labute approximate surface area is 105 Å². The molecule has 0 saturated carbocycles. The van der Waals surface area contributed by atoms with Gasteiger partial charge < -0.3 is 4.90 Å². The first-order chi connectivity index (χ1) is 7.82. The molecule has 0 atom stereocenters. The van der Waals surface area contributed by atoms with Crippen LogP contribution in [0.1, 0.15) is 32.8 Å². The first-order valence-corrected chi connectivity index (χ1v) is 6.12. The Kier molecular flexibility index (Phi) is 4.33. The van der Waals surface area contributed by atoms with Gasteiger partial charge in [0.15, 0.2) is 0 Å². The summed E-state index contributed by atoms with van der Waals surface area (Å²) in [7, 11) is 2.04. The lowest BCUT2D eigenvalue weighted by Gasteiger charge is -2.23. The van der Waals surface area contributed by atoms with Gasteiger partial charge in [0.1, 0.15) is 5.78 Å². The third kappa shape index (κ3) is 3.88. The fourth-order valence-electron chi connectivity index (χ4n) is 1.76. The fraction of sp³-hybridized carbons (Fsp3) is 0.533. The van der Waals surface area contributed by atoms with Crippen LogP contribution >= 0.6 is 0 Å². The zero-order valence-corrected chi connectivity index (χ0v) is 11.6. The second-order valence-corrected chi connectivity index (χ2v) is 5.63. The number of anilines is 1. The molecule has 1 aromatic carbocycles. The highest BCUT2D eigenvalue weighted by Crippen LogP contribution is 2.20. The van der Waals surface area contributed by atoms with Gasteiger partial charge >= 0.3 is 0 Å². The van der Waals surface area contributed by atoms with Crippen LogP contribution in [0.3, 0.4) is 0 Å². The minimum Gasteiger partial charge on any atom is -0.374 e. The molecule has 0 radical (unpaired) electrons. The third-order valence-electron chi connectivity index (χ3n) is 3.04. The highest BCUT2D eigenvalue weighted by molar-refractivity contribution is 5.84. The maximum Gasteiger partial charge on any atom is 0.139 e. The molecule has 0 bridgehead atoms. The van der Waals surface area contributed by atoms with E-state index in [2.05, 4.69) is 24.0 Å².